The number of anilines is 1. The molecule has 0 saturated heterocycles. The monoisotopic (exact) mass is 420 g/mol. The average Bonchev–Trinajstić information content (AvgIpc) is 3.06. The van der Waals surface area contributed by atoms with Gasteiger partial charge in [-0.3, -0.25) is 9.32 Å². The highest BCUT2D eigenvalue weighted by Crippen LogP contribution is 2.31. The van der Waals surface area contributed by atoms with Gasteiger partial charge in [0.05, 0.1) is 12.8 Å². The summed E-state index contributed by atoms with van der Waals surface area (Å²) < 4.78 is 11.7. The highest BCUT2D eigenvalue weighted by molar-refractivity contribution is 7.99. The fourth-order valence-electron chi connectivity index (χ4n) is 2.52. The molecule has 28 heavy (non-hydrogen) atoms. The van der Waals surface area contributed by atoms with Gasteiger partial charge in [0.15, 0.2) is 0 Å². The van der Waals surface area contributed by atoms with Gasteiger partial charge in [-0.15, -0.1) is 0 Å². The summed E-state index contributed by atoms with van der Waals surface area (Å²) >= 11 is 7.32. The molecular formula is C19H19ClN3O4S+. The number of carbonyl (C=O) groups is 1. The van der Waals surface area contributed by atoms with Gasteiger partial charge >= 0.3 is 10.7 Å². The van der Waals surface area contributed by atoms with Crippen molar-refractivity contribution in [1.82, 2.24) is 5.27 Å². The molecule has 0 aliphatic rings. The van der Waals surface area contributed by atoms with Crippen molar-refractivity contribution < 1.29 is 18.7 Å². The molecule has 0 spiro atoms. The Balaban J connectivity index is 1.64. The number of thioether (sulfide) groups is 1. The van der Waals surface area contributed by atoms with Crippen LogP contribution in [0.5, 0.6) is 5.75 Å². The predicted octanol–water partition coefficient (Wildman–Crippen LogP) is 3.34. The molecule has 3 aromatic rings. The second kappa shape index (κ2) is 8.99. The quantitative estimate of drug-likeness (QED) is 0.452. The topological polar surface area (TPSA) is 88.2 Å². The Morgan fingerprint density at radius 1 is 1.32 bits per heavy atom. The van der Waals surface area contributed by atoms with E-state index in [2.05, 4.69) is 10.6 Å². The van der Waals surface area contributed by atoms with Crippen molar-refractivity contribution in [3.8, 4) is 11.4 Å². The third-order valence-electron chi connectivity index (χ3n) is 3.94. The van der Waals surface area contributed by atoms with Crippen LogP contribution in [0.25, 0.3) is 5.69 Å². The zero-order chi connectivity index (χ0) is 20.1. The van der Waals surface area contributed by atoms with E-state index >= 15 is 0 Å². The van der Waals surface area contributed by atoms with Gasteiger partial charge in [0.2, 0.25) is 11.6 Å². The first-order chi connectivity index (χ1) is 13.5. The molecule has 0 saturated carbocycles. The summed E-state index contributed by atoms with van der Waals surface area (Å²) in [6, 6.07) is 12.7. The van der Waals surface area contributed by atoms with E-state index in [1.54, 1.807) is 16.8 Å². The molecule has 3 rings (SSSR count). The van der Waals surface area contributed by atoms with E-state index in [0.29, 0.717) is 27.2 Å². The molecule has 1 heterocycles. The highest BCUT2D eigenvalue weighted by atomic mass is 35.5. The number of hydrogen-bond acceptors (Lipinski definition) is 5. The van der Waals surface area contributed by atoms with Crippen molar-refractivity contribution in [3.63, 3.8) is 0 Å². The Bertz CT molecular complexity index is 1030. The minimum atomic E-state index is -0.482. The number of H-pyrrole nitrogens is 1. The summed E-state index contributed by atoms with van der Waals surface area (Å²) in [5.74, 6) is 0.694. The standard InChI is InChI=1S/C19H18ClN3O4S/c1-12-10-15(16(26-2)11-14(12)20)21-17(24)8-9-28-18-19(25)27-22-23(18)13-6-4-3-5-7-13/h3-7,10-11H,8-9H2,1-2H3,(H-,21,22,24,25)/p+1. The number of aromatic nitrogens is 2. The number of hydrogen-bond donors (Lipinski definition) is 2. The number of aryl methyl sites for hydroxylation is 1. The third kappa shape index (κ3) is 4.58. The van der Waals surface area contributed by atoms with Crippen LogP contribution in [0, 0.1) is 6.92 Å². The molecule has 0 radical (unpaired) electrons. The Labute approximate surface area is 170 Å². The van der Waals surface area contributed by atoms with E-state index in [0.717, 1.165) is 11.3 Å². The number of halogens is 1. The second-order valence-electron chi connectivity index (χ2n) is 5.91. The predicted molar refractivity (Wildman–Crippen MR) is 108 cm³/mol. The average molecular weight is 421 g/mol. The Hall–Kier alpha value is -2.71. The summed E-state index contributed by atoms with van der Waals surface area (Å²) in [5, 5.41) is 6.33. The van der Waals surface area contributed by atoms with Gasteiger partial charge in [0, 0.05) is 35.4 Å². The van der Waals surface area contributed by atoms with Crippen LogP contribution in [-0.4, -0.2) is 24.0 Å². The smallest absolute Gasteiger partial charge is 0.442 e. The normalized spacial score (nSPS) is 10.7. The van der Waals surface area contributed by atoms with Crippen LogP contribution < -0.4 is 20.4 Å². The highest BCUT2D eigenvalue weighted by Gasteiger charge is 2.24. The van der Waals surface area contributed by atoms with Crippen molar-refractivity contribution in [2.45, 2.75) is 18.4 Å². The zero-order valence-corrected chi connectivity index (χ0v) is 16.9. The zero-order valence-electron chi connectivity index (χ0n) is 15.3. The van der Waals surface area contributed by atoms with E-state index in [4.69, 9.17) is 20.9 Å². The molecule has 0 aliphatic carbocycles. The van der Waals surface area contributed by atoms with Crippen LogP contribution in [0.2, 0.25) is 5.02 Å². The number of methoxy groups -OCH3 is 1. The summed E-state index contributed by atoms with van der Waals surface area (Å²) in [4.78, 5) is 24.3. The third-order valence-corrected chi connectivity index (χ3v) is 5.38. The minimum Gasteiger partial charge on any atom is -0.495 e. The number of nitrogens with one attached hydrogen (secondary N) is 2. The van der Waals surface area contributed by atoms with Gasteiger partial charge in [-0.25, -0.2) is 4.79 Å². The molecule has 0 atom stereocenters. The van der Waals surface area contributed by atoms with Crippen molar-refractivity contribution in [2.24, 2.45) is 0 Å². The molecule has 1 aromatic heterocycles. The lowest BCUT2D eigenvalue weighted by atomic mass is 10.2. The molecule has 2 N–H and O–H groups in total. The van der Waals surface area contributed by atoms with Crippen molar-refractivity contribution >= 4 is 35.0 Å². The van der Waals surface area contributed by atoms with Crippen LogP contribution >= 0.6 is 23.4 Å². The summed E-state index contributed by atoms with van der Waals surface area (Å²) in [5.41, 5.74) is 1.67. The Kier molecular flexibility index (Phi) is 6.43. The van der Waals surface area contributed by atoms with Gasteiger partial charge in [-0.05, 0) is 40.3 Å². The van der Waals surface area contributed by atoms with E-state index in [1.165, 1.54) is 18.9 Å². The number of nitrogens with zero attached hydrogens (tertiary/aromatic N) is 1. The number of rotatable bonds is 7. The Morgan fingerprint density at radius 3 is 2.79 bits per heavy atom. The van der Waals surface area contributed by atoms with Crippen molar-refractivity contribution in [3.05, 3.63) is 63.5 Å². The fraction of sp³-hybridized carbons (Fsp3) is 0.211. The van der Waals surface area contributed by atoms with E-state index in [9.17, 15) is 9.59 Å². The summed E-state index contributed by atoms with van der Waals surface area (Å²) in [6.07, 6.45) is 0.203. The molecule has 0 bridgehead atoms. The molecule has 0 aliphatic heterocycles. The molecule has 9 heteroatoms. The van der Waals surface area contributed by atoms with E-state index in [1.807, 2.05) is 37.3 Å². The lowest BCUT2D eigenvalue weighted by Gasteiger charge is -2.12. The largest absolute Gasteiger partial charge is 0.495 e. The summed E-state index contributed by atoms with van der Waals surface area (Å²) in [6.45, 7) is 1.85. The first-order valence-corrected chi connectivity index (χ1v) is 9.81. The molecule has 146 valence electrons. The number of para-hydroxylation sites is 1. The van der Waals surface area contributed by atoms with Crippen LogP contribution in [-0.2, 0) is 4.79 Å². The molecule has 7 nitrogen and oxygen atoms in total. The molecular weight excluding hydrogens is 402 g/mol. The molecule has 1 amide bonds. The van der Waals surface area contributed by atoms with Crippen LogP contribution in [0.4, 0.5) is 5.69 Å². The van der Waals surface area contributed by atoms with Gasteiger partial charge in [-0.1, -0.05) is 29.8 Å². The lowest BCUT2D eigenvalue weighted by Crippen LogP contribution is -2.36. The van der Waals surface area contributed by atoms with E-state index < -0.39 is 5.63 Å². The summed E-state index contributed by atoms with van der Waals surface area (Å²) in [7, 11) is 1.51. The van der Waals surface area contributed by atoms with Gasteiger partial charge in [0.1, 0.15) is 5.75 Å². The maximum Gasteiger partial charge on any atom is 0.442 e. The maximum absolute atomic E-state index is 12.3. The number of ether oxygens (including phenoxy) is 1. The first kappa shape index (κ1) is 20.0. The van der Waals surface area contributed by atoms with Crippen molar-refractivity contribution in [1.29, 1.82) is 0 Å². The Morgan fingerprint density at radius 2 is 2.07 bits per heavy atom. The van der Waals surface area contributed by atoms with Crippen LogP contribution in [0.1, 0.15) is 12.0 Å². The number of benzene rings is 2. The molecule has 0 fully saturated rings. The van der Waals surface area contributed by atoms with Crippen LogP contribution in [0.3, 0.4) is 0 Å². The second-order valence-corrected chi connectivity index (χ2v) is 7.40. The number of carbonyl (C=O) groups excluding carboxylic acids is 1. The number of aromatic amines is 1. The number of amides is 1. The SMILES string of the molecule is COc1cc(Cl)c(C)cc1NC(=O)CCSc1c(=O)o[nH][n+]1-c1ccccc1. The molecule has 0 unspecified atom stereocenters. The fourth-order valence-corrected chi connectivity index (χ4v) is 3.58. The lowest BCUT2D eigenvalue weighted by molar-refractivity contribution is -0.704. The minimum absolute atomic E-state index is 0.196. The van der Waals surface area contributed by atoms with Crippen LogP contribution in [0.15, 0.2) is 56.8 Å². The molecule has 2 aromatic carbocycles. The van der Waals surface area contributed by atoms with Gasteiger partial charge < -0.3 is 10.1 Å². The van der Waals surface area contributed by atoms with Gasteiger partial charge in [-0.2, -0.15) is 0 Å². The van der Waals surface area contributed by atoms with Gasteiger partial charge in [0.25, 0.3) is 0 Å². The van der Waals surface area contributed by atoms with Crippen molar-refractivity contribution in [2.75, 3.05) is 18.2 Å². The van der Waals surface area contributed by atoms with E-state index in [-0.39, 0.29) is 12.3 Å². The first-order valence-electron chi connectivity index (χ1n) is 8.45. The maximum atomic E-state index is 12.3.